The van der Waals surface area contributed by atoms with Gasteiger partial charge in [0.25, 0.3) is 0 Å². The van der Waals surface area contributed by atoms with E-state index in [0.29, 0.717) is 0 Å². The Labute approximate surface area is 58.0 Å². The van der Waals surface area contributed by atoms with Gasteiger partial charge in [-0.1, -0.05) is 12.5 Å². The Balaban J connectivity index is 2.47. The summed E-state index contributed by atoms with van der Waals surface area (Å²) < 4.78 is 0. The summed E-state index contributed by atoms with van der Waals surface area (Å²) in [6.45, 7) is 4.44. The molecule has 0 aromatic carbocycles. The van der Waals surface area contributed by atoms with Crippen LogP contribution in [0.5, 0.6) is 0 Å². The first-order chi connectivity index (χ1) is 4.33. The van der Waals surface area contributed by atoms with Gasteiger partial charge < -0.3 is 0 Å². The van der Waals surface area contributed by atoms with Crippen LogP contribution < -0.4 is 0 Å². The zero-order valence-electron chi connectivity index (χ0n) is 6.41. The van der Waals surface area contributed by atoms with E-state index in [1.165, 1.54) is 31.3 Å². The van der Waals surface area contributed by atoms with Gasteiger partial charge in [-0.05, 0) is 44.6 Å². The van der Waals surface area contributed by atoms with Crippen molar-refractivity contribution in [1.82, 2.24) is 0 Å². The molecule has 1 radical (unpaired) electrons. The van der Waals surface area contributed by atoms with Gasteiger partial charge in [0.2, 0.25) is 0 Å². The Kier molecular flexibility index (Phi) is 2.32. The predicted octanol–water partition coefficient (Wildman–Crippen LogP) is 2.95. The van der Waals surface area contributed by atoms with Gasteiger partial charge in [-0.3, -0.25) is 0 Å². The molecule has 1 aliphatic rings. The van der Waals surface area contributed by atoms with Crippen LogP contribution in [-0.4, -0.2) is 0 Å². The van der Waals surface area contributed by atoms with E-state index in [4.69, 9.17) is 0 Å². The van der Waals surface area contributed by atoms with Crippen LogP contribution in [0.15, 0.2) is 5.57 Å². The number of hydrogen-bond acceptors (Lipinski definition) is 0. The van der Waals surface area contributed by atoms with Gasteiger partial charge in [-0.25, -0.2) is 0 Å². The van der Waals surface area contributed by atoms with Gasteiger partial charge in [0, 0.05) is 0 Å². The van der Waals surface area contributed by atoms with Crippen LogP contribution in [0.25, 0.3) is 0 Å². The molecule has 0 aromatic rings. The maximum atomic E-state index is 3.48. The lowest BCUT2D eigenvalue weighted by molar-refractivity contribution is 0.499. The van der Waals surface area contributed by atoms with Gasteiger partial charge in [0.05, 0.1) is 0 Å². The third-order valence-electron chi connectivity index (χ3n) is 2.05. The molecule has 1 aliphatic carbocycles. The van der Waals surface area contributed by atoms with E-state index in [0.717, 1.165) is 5.92 Å². The molecule has 9 heavy (non-hydrogen) atoms. The molecule has 0 aliphatic heterocycles. The number of rotatable bonds is 1. The summed E-state index contributed by atoms with van der Waals surface area (Å²) in [6, 6.07) is 0. The molecule has 0 fully saturated rings. The van der Waals surface area contributed by atoms with Crippen LogP contribution in [0.2, 0.25) is 0 Å². The van der Waals surface area contributed by atoms with E-state index in [2.05, 4.69) is 19.9 Å². The Morgan fingerprint density at radius 2 is 2.44 bits per heavy atom. The molecule has 1 atom stereocenters. The van der Waals surface area contributed by atoms with E-state index in [1.54, 1.807) is 0 Å². The number of hydrogen-bond donors (Lipinski definition) is 0. The minimum absolute atomic E-state index is 0.777. The lowest BCUT2D eigenvalue weighted by atomic mass is 9.90. The van der Waals surface area contributed by atoms with Gasteiger partial charge >= 0.3 is 0 Å². The lowest BCUT2D eigenvalue weighted by Crippen LogP contribution is -2.01. The second kappa shape index (κ2) is 3.05. The SMILES string of the molecule is CCC1[C]=C(C)CCC1. The first kappa shape index (κ1) is 6.85. The lowest BCUT2D eigenvalue weighted by Gasteiger charge is -2.16. The fourth-order valence-electron chi connectivity index (χ4n) is 1.41. The first-order valence-electron chi connectivity index (χ1n) is 3.92. The highest BCUT2D eigenvalue weighted by molar-refractivity contribution is 4.98. The normalized spacial score (nSPS) is 27.8. The summed E-state index contributed by atoms with van der Waals surface area (Å²) in [7, 11) is 0. The van der Waals surface area contributed by atoms with Crippen molar-refractivity contribution in [1.29, 1.82) is 0 Å². The molecule has 0 saturated carbocycles. The summed E-state index contributed by atoms with van der Waals surface area (Å²) in [5.41, 5.74) is 1.48. The molecule has 1 rings (SSSR count). The zero-order chi connectivity index (χ0) is 6.69. The Hall–Kier alpha value is -0.260. The van der Waals surface area contributed by atoms with Crippen molar-refractivity contribution in [3.8, 4) is 0 Å². The van der Waals surface area contributed by atoms with E-state index in [9.17, 15) is 0 Å². The minimum atomic E-state index is 0.777. The maximum absolute atomic E-state index is 3.48. The molecular formula is C9H15. The monoisotopic (exact) mass is 123 g/mol. The van der Waals surface area contributed by atoms with Gasteiger partial charge in [-0.15, -0.1) is 0 Å². The molecule has 0 bridgehead atoms. The Bertz CT molecular complexity index is 111. The maximum Gasteiger partial charge on any atom is -0.0162 e. The fourth-order valence-corrected chi connectivity index (χ4v) is 1.41. The van der Waals surface area contributed by atoms with Gasteiger partial charge in [-0.2, -0.15) is 0 Å². The van der Waals surface area contributed by atoms with Gasteiger partial charge in [0.1, 0.15) is 0 Å². The van der Waals surface area contributed by atoms with Crippen molar-refractivity contribution in [3.05, 3.63) is 11.6 Å². The predicted molar refractivity (Wildman–Crippen MR) is 40.1 cm³/mol. The van der Waals surface area contributed by atoms with Crippen molar-refractivity contribution in [3.63, 3.8) is 0 Å². The van der Waals surface area contributed by atoms with Crippen LogP contribution in [0, 0.1) is 12.0 Å². The molecule has 51 valence electrons. The molecule has 0 heteroatoms. The van der Waals surface area contributed by atoms with E-state index in [-0.39, 0.29) is 0 Å². The molecule has 0 N–H and O–H groups in total. The molecule has 0 heterocycles. The summed E-state index contributed by atoms with van der Waals surface area (Å²) in [4.78, 5) is 0. The first-order valence-corrected chi connectivity index (χ1v) is 3.92. The average Bonchev–Trinajstić information content (AvgIpc) is 1.88. The van der Waals surface area contributed by atoms with Crippen molar-refractivity contribution in [2.45, 2.75) is 39.5 Å². The standard InChI is InChI=1S/C9H15/c1-3-9-6-4-5-8(2)7-9/h9H,3-6H2,1-2H3. The topological polar surface area (TPSA) is 0 Å². The smallest absolute Gasteiger partial charge is 0.0162 e. The molecule has 0 nitrogen and oxygen atoms in total. The summed E-state index contributed by atoms with van der Waals surface area (Å²) in [5, 5.41) is 0. The average molecular weight is 123 g/mol. The quantitative estimate of drug-likeness (QED) is 0.503. The molecular weight excluding hydrogens is 108 g/mol. The molecule has 0 aromatic heterocycles. The highest BCUT2D eigenvalue weighted by Crippen LogP contribution is 2.23. The van der Waals surface area contributed by atoms with Crippen LogP contribution in [0.3, 0.4) is 0 Å². The van der Waals surface area contributed by atoms with Crippen molar-refractivity contribution >= 4 is 0 Å². The second-order valence-electron chi connectivity index (χ2n) is 2.92. The van der Waals surface area contributed by atoms with E-state index in [1.807, 2.05) is 0 Å². The van der Waals surface area contributed by atoms with Gasteiger partial charge in [0.15, 0.2) is 0 Å². The minimum Gasteiger partial charge on any atom is -0.0696 e. The van der Waals surface area contributed by atoms with Crippen LogP contribution in [-0.2, 0) is 0 Å². The largest absolute Gasteiger partial charge is 0.0696 e. The number of allylic oxidation sites excluding steroid dienone is 2. The molecule has 1 unspecified atom stereocenters. The second-order valence-corrected chi connectivity index (χ2v) is 2.92. The Morgan fingerprint density at radius 3 is 2.89 bits per heavy atom. The summed E-state index contributed by atoms with van der Waals surface area (Å²) in [5.74, 6) is 0.777. The third-order valence-corrected chi connectivity index (χ3v) is 2.05. The van der Waals surface area contributed by atoms with Crippen LogP contribution in [0.4, 0.5) is 0 Å². The Morgan fingerprint density at radius 1 is 1.67 bits per heavy atom. The molecule has 0 spiro atoms. The molecule has 0 amide bonds. The zero-order valence-corrected chi connectivity index (χ0v) is 6.41. The highest BCUT2D eigenvalue weighted by Gasteiger charge is 2.08. The third kappa shape index (κ3) is 1.85. The fraction of sp³-hybridized carbons (Fsp3) is 0.778. The highest BCUT2D eigenvalue weighted by atomic mass is 14.1. The van der Waals surface area contributed by atoms with E-state index < -0.39 is 0 Å². The van der Waals surface area contributed by atoms with Crippen LogP contribution in [0.1, 0.15) is 39.5 Å². The summed E-state index contributed by atoms with van der Waals surface area (Å²) in [6.07, 6.45) is 8.80. The van der Waals surface area contributed by atoms with Crippen molar-refractivity contribution in [2.75, 3.05) is 0 Å². The van der Waals surface area contributed by atoms with Crippen molar-refractivity contribution in [2.24, 2.45) is 5.92 Å². The summed E-state index contributed by atoms with van der Waals surface area (Å²) >= 11 is 0. The van der Waals surface area contributed by atoms with Crippen molar-refractivity contribution < 1.29 is 0 Å². The molecule has 0 saturated heterocycles. The van der Waals surface area contributed by atoms with E-state index >= 15 is 0 Å². The van der Waals surface area contributed by atoms with Crippen LogP contribution >= 0.6 is 0 Å².